The fourth-order valence-corrected chi connectivity index (χ4v) is 4.33. The van der Waals surface area contributed by atoms with Crippen molar-refractivity contribution in [2.45, 2.75) is 44.6 Å². The third kappa shape index (κ3) is 4.50. The Hall–Kier alpha value is -2.43. The summed E-state index contributed by atoms with van der Waals surface area (Å²) in [6, 6.07) is 15.6. The Bertz CT molecular complexity index is 1040. The van der Waals surface area contributed by atoms with Crippen molar-refractivity contribution >= 4 is 28.3 Å². The van der Waals surface area contributed by atoms with Gasteiger partial charge in [0, 0.05) is 12.0 Å². The first-order valence-electron chi connectivity index (χ1n) is 10.4. The van der Waals surface area contributed by atoms with Crippen LogP contribution in [0, 0.1) is 5.82 Å². The molecule has 0 aromatic heterocycles. The summed E-state index contributed by atoms with van der Waals surface area (Å²) < 4.78 is 25.3. The van der Waals surface area contributed by atoms with Crippen molar-refractivity contribution < 1.29 is 18.7 Å². The van der Waals surface area contributed by atoms with E-state index in [0.717, 1.165) is 32.3 Å². The summed E-state index contributed by atoms with van der Waals surface area (Å²) in [6.07, 6.45) is 4.75. The van der Waals surface area contributed by atoms with Crippen molar-refractivity contribution in [3.05, 3.63) is 76.6 Å². The van der Waals surface area contributed by atoms with Crippen LogP contribution in [-0.4, -0.2) is 18.7 Å². The van der Waals surface area contributed by atoms with E-state index in [1.54, 1.807) is 24.3 Å². The second kappa shape index (κ2) is 9.15. The lowest BCUT2D eigenvalue weighted by Gasteiger charge is -2.28. The predicted octanol–water partition coefficient (Wildman–Crippen LogP) is 6.91. The van der Waals surface area contributed by atoms with Gasteiger partial charge in [-0.05, 0) is 85.9 Å². The molecular weight excluding hydrogens is 403 g/mol. The van der Waals surface area contributed by atoms with E-state index < -0.39 is 11.8 Å². The summed E-state index contributed by atoms with van der Waals surface area (Å²) >= 11 is 5.82. The molecule has 1 saturated carbocycles. The van der Waals surface area contributed by atoms with E-state index >= 15 is 0 Å². The quantitative estimate of drug-likeness (QED) is 0.328. The summed E-state index contributed by atoms with van der Waals surface area (Å²) in [5.41, 5.74) is 1.74. The zero-order valence-electron chi connectivity index (χ0n) is 16.9. The molecule has 0 bridgehead atoms. The van der Waals surface area contributed by atoms with Gasteiger partial charge in [-0.15, -0.1) is 0 Å². The molecule has 0 saturated heterocycles. The second-order valence-corrected chi connectivity index (χ2v) is 8.09. The lowest BCUT2D eigenvalue weighted by atomic mass is 9.82. The van der Waals surface area contributed by atoms with Gasteiger partial charge in [-0.2, -0.15) is 0 Å². The minimum atomic E-state index is -0.474. The molecule has 0 spiro atoms. The Morgan fingerprint density at radius 1 is 1.03 bits per heavy atom. The van der Waals surface area contributed by atoms with Gasteiger partial charge in [0.15, 0.2) is 0 Å². The van der Waals surface area contributed by atoms with Crippen molar-refractivity contribution in [3.63, 3.8) is 0 Å². The average molecular weight is 427 g/mol. The maximum absolute atomic E-state index is 14.1. The SMILES string of the molecule is CCOC1CCC(c2ccc(C(=O)Oc3ccc4c(F)c(Cl)ccc4c3)cc2)CC1. The largest absolute Gasteiger partial charge is 0.423 e. The fourth-order valence-electron chi connectivity index (χ4n) is 4.16. The topological polar surface area (TPSA) is 35.5 Å². The molecule has 1 aliphatic carbocycles. The van der Waals surface area contributed by atoms with Gasteiger partial charge in [0.1, 0.15) is 11.6 Å². The Morgan fingerprint density at radius 3 is 2.47 bits per heavy atom. The zero-order valence-corrected chi connectivity index (χ0v) is 17.6. The van der Waals surface area contributed by atoms with Gasteiger partial charge < -0.3 is 9.47 Å². The molecule has 156 valence electrons. The van der Waals surface area contributed by atoms with Crippen LogP contribution in [0.2, 0.25) is 5.02 Å². The van der Waals surface area contributed by atoms with E-state index in [0.29, 0.717) is 34.1 Å². The Labute approximate surface area is 180 Å². The van der Waals surface area contributed by atoms with E-state index in [2.05, 4.69) is 0 Å². The first-order chi connectivity index (χ1) is 14.5. The van der Waals surface area contributed by atoms with E-state index in [-0.39, 0.29) is 5.02 Å². The number of hydrogen-bond donors (Lipinski definition) is 0. The Balaban J connectivity index is 1.42. The van der Waals surface area contributed by atoms with E-state index in [1.807, 2.05) is 31.2 Å². The second-order valence-electron chi connectivity index (χ2n) is 7.68. The number of halogens is 2. The highest BCUT2D eigenvalue weighted by atomic mass is 35.5. The number of rotatable bonds is 5. The van der Waals surface area contributed by atoms with Crippen LogP contribution in [0.4, 0.5) is 4.39 Å². The predicted molar refractivity (Wildman–Crippen MR) is 117 cm³/mol. The van der Waals surface area contributed by atoms with Crippen molar-refractivity contribution in [2.75, 3.05) is 6.61 Å². The molecule has 0 unspecified atom stereocenters. The number of ether oxygens (including phenoxy) is 2. The molecule has 0 aliphatic heterocycles. The monoisotopic (exact) mass is 426 g/mol. The summed E-state index contributed by atoms with van der Waals surface area (Å²) in [5, 5.41) is 1.09. The zero-order chi connectivity index (χ0) is 21.1. The van der Waals surface area contributed by atoms with Gasteiger partial charge in [0.25, 0.3) is 0 Å². The lowest BCUT2D eigenvalue weighted by Crippen LogP contribution is -2.20. The average Bonchev–Trinajstić information content (AvgIpc) is 2.77. The molecule has 30 heavy (non-hydrogen) atoms. The highest BCUT2D eigenvalue weighted by Crippen LogP contribution is 2.34. The summed E-state index contributed by atoms with van der Waals surface area (Å²) in [6.45, 7) is 2.81. The maximum Gasteiger partial charge on any atom is 0.343 e. The number of carbonyl (C=O) groups excluding carboxylic acids is 1. The molecule has 4 rings (SSSR count). The third-order valence-corrected chi connectivity index (χ3v) is 6.08. The summed E-state index contributed by atoms with van der Waals surface area (Å²) in [5.74, 6) is -0.0326. The molecule has 3 nitrogen and oxygen atoms in total. The van der Waals surface area contributed by atoms with Crippen LogP contribution >= 0.6 is 11.6 Å². The molecule has 0 amide bonds. The van der Waals surface area contributed by atoms with Gasteiger partial charge in [-0.3, -0.25) is 0 Å². The standard InChI is InChI=1S/C25H24ClFO3/c1-2-29-20-10-7-17(8-11-20)16-3-5-18(6-4-16)25(28)30-21-12-13-22-19(15-21)9-14-23(26)24(22)27/h3-6,9,12-15,17,20H,2,7-8,10-11H2,1H3. The van der Waals surface area contributed by atoms with Crippen LogP contribution in [0.15, 0.2) is 54.6 Å². The highest BCUT2D eigenvalue weighted by Gasteiger charge is 2.22. The minimum absolute atomic E-state index is 0.0683. The Kier molecular flexibility index (Phi) is 6.35. The van der Waals surface area contributed by atoms with Crippen LogP contribution in [0.25, 0.3) is 10.8 Å². The molecule has 1 aliphatic rings. The van der Waals surface area contributed by atoms with Crippen molar-refractivity contribution in [1.82, 2.24) is 0 Å². The van der Waals surface area contributed by atoms with Crippen LogP contribution < -0.4 is 4.74 Å². The number of fused-ring (bicyclic) bond motifs is 1. The van der Waals surface area contributed by atoms with Gasteiger partial charge in [-0.1, -0.05) is 29.8 Å². The van der Waals surface area contributed by atoms with Crippen LogP contribution in [-0.2, 0) is 4.74 Å². The van der Waals surface area contributed by atoms with Crippen LogP contribution in [0.1, 0.15) is 54.4 Å². The molecule has 0 N–H and O–H groups in total. The molecular formula is C25H24ClFO3. The Morgan fingerprint density at radius 2 is 1.77 bits per heavy atom. The van der Waals surface area contributed by atoms with Gasteiger partial charge >= 0.3 is 5.97 Å². The molecule has 3 aromatic carbocycles. The first kappa shape index (κ1) is 20.8. The highest BCUT2D eigenvalue weighted by molar-refractivity contribution is 6.31. The number of carbonyl (C=O) groups is 1. The van der Waals surface area contributed by atoms with Crippen LogP contribution in [0.5, 0.6) is 5.75 Å². The molecule has 0 radical (unpaired) electrons. The number of benzene rings is 3. The first-order valence-corrected chi connectivity index (χ1v) is 10.7. The lowest BCUT2D eigenvalue weighted by molar-refractivity contribution is 0.0328. The molecule has 0 atom stereocenters. The smallest absolute Gasteiger partial charge is 0.343 e. The fraction of sp³-hybridized carbons (Fsp3) is 0.320. The normalized spacial score (nSPS) is 19.0. The number of hydrogen-bond acceptors (Lipinski definition) is 3. The summed E-state index contributed by atoms with van der Waals surface area (Å²) in [7, 11) is 0. The molecule has 3 aromatic rings. The van der Waals surface area contributed by atoms with E-state index in [4.69, 9.17) is 21.1 Å². The van der Waals surface area contributed by atoms with E-state index in [1.165, 1.54) is 11.6 Å². The molecule has 5 heteroatoms. The van der Waals surface area contributed by atoms with Gasteiger partial charge in [0.2, 0.25) is 0 Å². The molecule has 0 heterocycles. The maximum atomic E-state index is 14.1. The molecule has 1 fully saturated rings. The van der Waals surface area contributed by atoms with Crippen molar-refractivity contribution in [2.24, 2.45) is 0 Å². The van der Waals surface area contributed by atoms with Gasteiger partial charge in [0.05, 0.1) is 16.7 Å². The van der Waals surface area contributed by atoms with Gasteiger partial charge in [-0.25, -0.2) is 9.18 Å². The number of esters is 1. The van der Waals surface area contributed by atoms with E-state index in [9.17, 15) is 9.18 Å². The summed E-state index contributed by atoms with van der Waals surface area (Å²) in [4.78, 5) is 12.5. The van der Waals surface area contributed by atoms with Crippen LogP contribution in [0.3, 0.4) is 0 Å². The third-order valence-electron chi connectivity index (χ3n) is 5.78. The van der Waals surface area contributed by atoms with Crippen molar-refractivity contribution in [3.8, 4) is 5.75 Å². The van der Waals surface area contributed by atoms with Crippen molar-refractivity contribution in [1.29, 1.82) is 0 Å². The minimum Gasteiger partial charge on any atom is -0.423 e.